The summed E-state index contributed by atoms with van der Waals surface area (Å²) in [5, 5.41) is 14.7. The van der Waals surface area contributed by atoms with Crippen molar-refractivity contribution >= 4 is 17.5 Å². The number of halogens is 1. The van der Waals surface area contributed by atoms with Crippen molar-refractivity contribution in [3.8, 4) is 11.4 Å². The predicted molar refractivity (Wildman–Crippen MR) is 90.8 cm³/mol. The molecule has 1 aromatic carbocycles. The lowest BCUT2D eigenvalue weighted by atomic mass is 10.2. The number of hydrogen-bond donors (Lipinski definition) is 2. The molecule has 24 heavy (non-hydrogen) atoms. The van der Waals surface area contributed by atoms with Crippen LogP contribution in [-0.4, -0.2) is 37.4 Å². The van der Waals surface area contributed by atoms with Gasteiger partial charge in [-0.05, 0) is 37.3 Å². The fraction of sp³-hybridized carbons (Fsp3) is 0.250. The van der Waals surface area contributed by atoms with Crippen molar-refractivity contribution in [1.82, 2.24) is 30.3 Å². The second-order valence-corrected chi connectivity index (χ2v) is 5.85. The molecule has 0 aliphatic carbocycles. The lowest BCUT2D eigenvalue weighted by Gasteiger charge is -2.03. The third-order valence-electron chi connectivity index (χ3n) is 3.52. The van der Waals surface area contributed by atoms with Crippen molar-refractivity contribution in [2.75, 3.05) is 6.54 Å². The normalized spacial score (nSPS) is 10.8. The Hall–Kier alpha value is -2.67. The summed E-state index contributed by atoms with van der Waals surface area (Å²) in [5.74, 6) is 1.16. The molecule has 2 N–H and O–H groups in total. The fourth-order valence-corrected chi connectivity index (χ4v) is 2.47. The first-order valence-electron chi connectivity index (χ1n) is 7.49. The molecule has 0 aliphatic heterocycles. The maximum atomic E-state index is 12.1. The minimum Gasteiger partial charge on any atom is -0.350 e. The summed E-state index contributed by atoms with van der Waals surface area (Å²) in [6.07, 6.45) is 0.559. The van der Waals surface area contributed by atoms with Crippen LogP contribution in [0.5, 0.6) is 0 Å². The highest BCUT2D eigenvalue weighted by molar-refractivity contribution is 6.30. The molecule has 1 amide bonds. The second-order valence-electron chi connectivity index (χ2n) is 5.41. The number of nitrogens with one attached hydrogen (secondary N) is 2. The minimum atomic E-state index is -0.157. The Morgan fingerprint density at radius 2 is 2.08 bits per heavy atom. The first-order valence-corrected chi connectivity index (χ1v) is 7.87. The van der Waals surface area contributed by atoms with Gasteiger partial charge < -0.3 is 5.32 Å². The van der Waals surface area contributed by atoms with Gasteiger partial charge in [0.05, 0.1) is 5.69 Å². The van der Waals surface area contributed by atoms with E-state index in [-0.39, 0.29) is 5.91 Å². The Labute approximate surface area is 144 Å². The van der Waals surface area contributed by atoms with E-state index in [4.69, 9.17) is 11.6 Å². The number of aromatic nitrogens is 5. The Morgan fingerprint density at radius 3 is 2.75 bits per heavy atom. The fourth-order valence-electron chi connectivity index (χ4n) is 2.34. The van der Waals surface area contributed by atoms with Gasteiger partial charge in [-0.1, -0.05) is 11.6 Å². The maximum Gasteiger partial charge on any atom is 0.269 e. The molecule has 124 valence electrons. The molecule has 0 saturated carbocycles. The quantitative estimate of drug-likeness (QED) is 0.742. The van der Waals surface area contributed by atoms with E-state index in [1.165, 1.54) is 0 Å². The molecular weight excluding hydrogens is 328 g/mol. The number of H-pyrrole nitrogens is 1. The van der Waals surface area contributed by atoms with Gasteiger partial charge in [-0.3, -0.25) is 14.6 Å². The number of rotatable bonds is 5. The average Bonchev–Trinajstić information content (AvgIpc) is 3.14. The molecule has 2 aromatic heterocycles. The van der Waals surface area contributed by atoms with E-state index in [0.717, 1.165) is 11.3 Å². The van der Waals surface area contributed by atoms with Gasteiger partial charge in [-0.15, -0.1) is 0 Å². The Balaban J connectivity index is 1.57. The molecule has 7 nitrogen and oxygen atoms in total. The van der Waals surface area contributed by atoms with Gasteiger partial charge in [0.25, 0.3) is 5.91 Å². The van der Waals surface area contributed by atoms with E-state index in [9.17, 15) is 4.79 Å². The number of carbonyl (C=O) groups excluding carboxylic acids is 1. The highest BCUT2D eigenvalue weighted by Gasteiger charge is 2.12. The Bertz CT molecular complexity index is 852. The smallest absolute Gasteiger partial charge is 0.269 e. The summed E-state index contributed by atoms with van der Waals surface area (Å²) >= 11 is 5.87. The molecule has 0 atom stereocenters. The molecule has 8 heteroatoms. The van der Waals surface area contributed by atoms with Gasteiger partial charge in [0, 0.05) is 30.6 Å². The number of hydrogen-bond acceptors (Lipinski definition) is 4. The van der Waals surface area contributed by atoms with E-state index < -0.39 is 0 Å². The number of aryl methyl sites for hydroxylation is 2. The number of benzene rings is 1. The molecule has 3 rings (SSSR count). The number of aromatic amines is 1. The topological polar surface area (TPSA) is 88.5 Å². The maximum absolute atomic E-state index is 12.1. The third kappa shape index (κ3) is 3.62. The zero-order chi connectivity index (χ0) is 17.1. The molecule has 0 radical (unpaired) electrons. The Kier molecular flexibility index (Phi) is 4.61. The average molecular weight is 345 g/mol. The molecule has 3 aromatic rings. The van der Waals surface area contributed by atoms with Crippen LogP contribution in [0.2, 0.25) is 5.02 Å². The van der Waals surface area contributed by atoms with Gasteiger partial charge in [-0.25, -0.2) is 4.98 Å². The predicted octanol–water partition coefficient (Wildman–Crippen LogP) is 2.14. The highest BCUT2D eigenvalue weighted by Crippen LogP contribution is 2.17. The molecule has 0 fully saturated rings. The van der Waals surface area contributed by atoms with Crippen LogP contribution < -0.4 is 5.32 Å². The lowest BCUT2D eigenvalue weighted by molar-refractivity contribution is 0.0944. The second kappa shape index (κ2) is 6.84. The molecule has 0 saturated heterocycles. The van der Waals surface area contributed by atoms with Crippen molar-refractivity contribution in [3.05, 3.63) is 52.6 Å². The summed E-state index contributed by atoms with van der Waals surface area (Å²) < 4.78 is 1.57. The number of carbonyl (C=O) groups is 1. The van der Waals surface area contributed by atoms with Crippen LogP contribution >= 0.6 is 11.6 Å². The largest absolute Gasteiger partial charge is 0.350 e. The van der Waals surface area contributed by atoms with Crippen molar-refractivity contribution in [2.45, 2.75) is 13.3 Å². The molecule has 0 bridgehead atoms. The van der Waals surface area contributed by atoms with Crippen molar-refractivity contribution < 1.29 is 4.79 Å². The highest BCUT2D eigenvalue weighted by atomic mass is 35.5. The van der Waals surface area contributed by atoms with E-state index in [1.54, 1.807) is 29.9 Å². The third-order valence-corrected chi connectivity index (χ3v) is 3.77. The zero-order valence-corrected chi connectivity index (χ0v) is 14.1. The van der Waals surface area contributed by atoms with Gasteiger partial charge in [0.15, 0.2) is 5.82 Å². The summed E-state index contributed by atoms with van der Waals surface area (Å²) in [5.41, 5.74) is 2.23. The van der Waals surface area contributed by atoms with Crippen LogP contribution in [0.25, 0.3) is 11.4 Å². The van der Waals surface area contributed by atoms with Crippen LogP contribution in [0.15, 0.2) is 30.3 Å². The van der Waals surface area contributed by atoms with Gasteiger partial charge >= 0.3 is 0 Å². The summed E-state index contributed by atoms with van der Waals surface area (Å²) in [7, 11) is 1.75. The number of amides is 1. The molecular formula is C16H17ClN6O. The monoisotopic (exact) mass is 344 g/mol. The van der Waals surface area contributed by atoms with Crippen molar-refractivity contribution in [2.24, 2.45) is 7.05 Å². The molecule has 0 aliphatic rings. The summed E-state index contributed by atoms with van der Waals surface area (Å²) in [6, 6.07) is 9.07. The lowest BCUT2D eigenvalue weighted by Crippen LogP contribution is -2.27. The minimum absolute atomic E-state index is 0.157. The zero-order valence-electron chi connectivity index (χ0n) is 13.4. The summed E-state index contributed by atoms with van der Waals surface area (Å²) in [6.45, 7) is 2.31. The van der Waals surface area contributed by atoms with Crippen LogP contribution in [-0.2, 0) is 13.5 Å². The van der Waals surface area contributed by atoms with Gasteiger partial charge in [0.2, 0.25) is 0 Å². The van der Waals surface area contributed by atoms with Crippen LogP contribution in [0, 0.1) is 6.92 Å². The first-order chi connectivity index (χ1) is 11.5. The standard InChI is InChI=1S/C16H17ClN6O/c1-10-9-13(23(2)22-10)16(24)18-8-7-14-19-15(21-20-14)11-3-5-12(17)6-4-11/h3-6,9H,7-8H2,1-2H3,(H,18,24)(H,19,20,21). The molecule has 0 unspecified atom stereocenters. The van der Waals surface area contributed by atoms with Crippen LogP contribution in [0.3, 0.4) is 0 Å². The summed E-state index contributed by atoms with van der Waals surface area (Å²) in [4.78, 5) is 16.5. The van der Waals surface area contributed by atoms with Gasteiger partial charge in [0.1, 0.15) is 11.5 Å². The van der Waals surface area contributed by atoms with E-state index >= 15 is 0 Å². The number of nitrogens with zero attached hydrogens (tertiary/aromatic N) is 4. The first kappa shape index (κ1) is 16.2. The molecule has 0 spiro atoms. The van der Waals surface area contributed by atoms with Gasteiger partial charge in [-0.2, -0.15) is 10.2 Å². The Morgan fingerprint density at radius 1 is 1.33 bits per heavy atom. The SMILES string of the molecule is Cc1cc(C(=O)NCCc2nc(-c3ccc(Cl)cc3)n[nH]2)n(C)n1. The van der Waals surface area contributed by atoms with Crippen molar-refractivity contribution in [1.29, 1.82) is 0 Å². The van der Waals surface area contributed by atoms with E-state index in [1.807, 2.05) is 19.1 Å². The van der Waals surface area contributed by atoms with E-state index in [2.05, 4.69) is 25.6 Å². The van der Waals surface area contributed by atoms with Crippen LogP contribution in [0.4, 0.5) is 0 Å². The van der Waals surface area contributed by atoms with E-state index in [0.29, 0.717) is 35.3 Å². The van der Waals surface area contributed by atoms with Crippen molar-refractivity contribution in [3.63, 3.8) is 0 Å². The van der Waals surface area contributed by atoms with Crippen LogP contribution in [0.1, 0.15) is 22.0 Å². The molecule has 2 heterocycles.